The van der Waals surface area contributed by atoms with Crippen LogP contribution >= 0.6 is 15.9 Å². The fraction of sp³-hybridized carbons (Fsp3) is 0.600. The third-order valence-electron chi connectivity index (χ3n) is 4.02. The van der Waals surface area contributed by atoms with Gasteiger partial charge in [0.05, 0.1) is 5.69 Å². The van der Waals surface area contributed by atoms with Crippen molar-refractivity contribution in [3.05, 3.63) is 29.6 Å². The Labute approximate surface area is 123 Å². The predicted molar refractivity (Wildman–Crippen MR) is 80.0 cm³/mol. The monoisotopic (exact) mass is 324 g/mol. The van der Waals surface area contributed by atoms with Crippen molar-refractivity contribution in [2.24, 2.45) is 11.7 Å². The number of nitrogens with two attached hydrogens (primary N) is 1. The Morgan fingerprint density at radius 1 is 1.42 bits per heavy atom. The van der Waals surface area contributed by atoms with Gasteiger partial charge < -0.3 is 5.73 Å². The van der Waals surface area contributed by atoms with E-state index in [2.05, 4.69) is 27.0 Å². The summed E-state index contributed by atoms with van der Waals surface area (Å²) < 4.78 is -0.879. The molecular formula is C15H21BrN2O. The highest BCUT2D eigenvalue weighted by Crippen LogP contribution is 2.30. The van der Waals surface area contributed by atoms with Crippen LogP contribution in [0.4, 0.5) is 0 Å². The van der Waals surface area contributed by atoms with Crippen LogP contribution in [-0.2, 0) is 15.5 Å². The first-order chi connectivity index (χ1) is 9.00. The second-order valence-electron chi connectivity index (χ2n) is 5.63. The van der Waals surface area contributed by atoms with Crippen molar-refractivity contribution in [3.8, 4) is 0 Å². The van der Waals surface area contributed by atoms with Crippen LogP contribution in [0.25, 0.3) is 0 Å². The number of amides is 1. The molecule has 0 bridgehead atoms. The quantitative estimate of drug-likeness (QED) is 0.864. The summed E-state index contributed by atoms with van der Waals surface area (Å²) in [6, 6.07) is 3.97. The number of aromatic nitrogens is 1. The lowest BCUT2D eigenvalue weighted by Gasteiger charge is -2.22. The van der Waals surface area contributed by atoms with Crippen LogP contribution in [0.2, 0.25) is 0 Å². The zero-order chi connectivity index (χ0) is 13.9. The van der Waals surface area contributed by atoms with Gasteiger partial charge in [0.2, 0.25) is 5.91 Å². The van der Waals surface area contributed by atoms with Crippen LogP contribution in [0, 0.1) is 5.92 Å². The molecule has 0 aromatic carbocycles. The van der Waals surface area contributed by atoms with Gasteiger partial charge in [0.25, 0.3) is 0 Å². The molecule has 4 heteroatoms. The summed E-state index contributed by atoms with van der Waals surface area (Å²) in [6.07, 6.45) is 9.75. The first-order valence-corrected chi connectivity index (χ1v) is 7.73. The maximum Gasteiger partial charge on any atom is 0.240 e. The number of hydrogen-bond acceptors (Lipinski definition) is 2. The van der Waals surface area contributed by atoms with Gasteiger partial charge >= 0.3 is 0 Å². The van der Waals surface area contributed by atoms with E-state index in [1.54, 1.807) is 6.92 Å². The molecule has 1 amide bonds. The molecule has 19 heavy (non-hydrogen) atoms. The number of hydrogen-bond donors (Lipinski definition) is 1. The molecule has 104 valence electrons. The summed E-state index contributed by atoms with van der Waals surface area (Å²) in [5.74, 6) is 0.382. The summed E-state index contributed by atoms with van der Waals surface area (Å²) in [5, 5.41) is 0. The minimum Gasteiger partial charge on any atom is -0.368 e. The summed E-state index contributed by atoms with van der Waals surface area (Å²) in [4.78, 5) is 15.7. The van der Waals surface area contributed by atoms with E-state index in [1.807, 2.05) is 12.3 Å². The third kappa shape index (κ3) is 3.56. The fourth-order valence-electron chi connectivity index (χ4n) is 2.67. The van der Waals surface area contributed by atoms with E-state index in [0.29, 0.717) is 5.69 Å². The summed E-state index contributed by atoms with van der Waals surface area (Å²) in [6.45, 7) is 1.73. The van der Waals surface area contributed by atoms with Gasteiger partial charge in [0.1, 0.15) is 4.32 Å². The number of carbonyl (C=O) groups excluding carboxylic acids is 1. The van der Waals surface area contributed by atoms with Crippen molar-refractivity contribution in [2.45, 2.75) is 49.8 Å². The highest BCUT2D eigenvalue weighted by atomic mass is 79.9. The number of carbonyl (C=O) groups is 1. The maximum absolute atomic E-state index is 11.4. The molecule has 2 rings (SSSR count). The molecular weight excluding hydrogens is 304 g/mol. The lowest BCUT2D eigenvalue weighted by atomic mass is 9.85. The second-order valence-corrected chi connectivity index (χ2v) is 7.21. The predicted octanol–water partition coefficient (Wildman–Crippen LogP) is 3.30. The second kappa shape index (κ2) is 6.04. The van der Waals surface area contributed by atoms with Gasteiger partial charge in [-0.15, -0.1) is 0 Å². The number of pyridine rings is 1. The smallest absolute Gasteiger partial charge is 0.240 e. The molecule has 1 heterocycles. The maximum atomic E-state index is 11.4. The normalized spacial score (nSPS) is 19.9. The first-order valence-electron chi connectivity index (χ1n) is 6.94. The molecule has 1 aliphatic rings. The molecule has 0 saturated heterocycles. The van der Waals surface area contributed by atoms with Gasteiger partial charge in [-0.3, -0.25) is 9.78 Å². The van der Waals surface area contributed by atoms with E-state index in [0.717, 1.165) is 12.3 Å². The zero-order valence-corrected chi connectivity index (χ0v) is 12.9. The van der Waals surface area contributed by atoms with Crippen molar-refractivity contribution in [1.82, 2.24) is 4.98 Å². The highest BCUT2D eigenvalue weighted by molar-refractivity contribution is 9.10. The van der Waals surface area contributed by atoms with Crippen LogP contribution in [0.5, 0.6) is 0 Å². The average Bonchev–Trinajstić information content (AvgIpc) is 2.40. The van der Waals surface area contributed by atoms with Gasteiger partial charge in [0, 0.05) is 6.20 Å². The van der Waals surface area contributed by atoms with E-state index in [4.69, 9.17) is 5.73 Å². The molecule has 1 unspecified atom stereocenters. The summed E-state index contributed by atoms with van der Waals surface area (Å²) in [7, 11) is 0. The van der Waals surface area contributed by atoms with Crippen molar-refractivity contribution in [1.29, 1.82) is 0 Å². The van der Waals surface area contributed by atoms with Gasteiger partial charge in [0.15, 0.2) is 0 Å². The molecule has 3 nitrogen and oxygen atoms in total. The van der Waals surface area contributed by atoms with E-state index in [1.165, 1.54) is 37.7 Å². The molecule has 1 saturated carbocycles. The largest absolute Gasteiger partial charge is 0.368 e. The van der Waals surface area contributed by atoms with Gasteiger partial charge in [-0.25, -0.2) is 0 Å². The standard InChI is InChI=1S/C15H21BrN2O/c1-15(16,14(17)19)13-8-7-12(10-18-13)9-11-5-3-2-4-6-11/h7-8,10-11H,2-6,9H2,1H3,(H2,17,19). The van der Waals surface area contributed by atoms with Crippen LogP contribution < -0.4 is 5.73 Å². The highest BCUT2D eigenvalue weighted by Gasteiger charge is 2.31. The molecule has 1 atom stereocenters. The van der Waals surface area contributed by atoms with Crippen molar-refractivity contribution in [3.63, 3.8) is 0 Å². The van der Waals surface area contributed by atoms with Gasteiger partial charge in [-0.05, 0) is 30.9 Å². The number of halogens is 1. The zero-order valence-electron chi connectivity index (χ0n) is 11.4. The van der Waals surface area contributed by atoms with Crippen molar-refractivity contribution in [2.75, 3.05) is 0 Å². The Hall–Kier alpha value is -0.900. The Morgan fingerprint density at radius 3 is 2.63 bits per heavy atom. The average molecular weight is 325 g/mol. The SMILES string of the molecule is CC(Br)(C(N)=O)c1ccc(CC2CCCCC2)cn1. The lowest BCUT2D eigenvalue weighted by Crippen LogP contribution is -2.33. The Bertz CT molecular complexity index is 436. The van der Waals surface area contributed by atoms with Crippen LogP contribution in [0.1, 0.15) is 50.3 Å². The molecule has 0 spiro atoms. The Kier molecular flexibility index (Phi) is 4.61. The van der Waals surface area contributed by atoms with E-state index in [-0.39, 0.29) is 0 Å². The molecule has 1 aromatic rings. The van der Waals surface area contributed by atoms with Crippen LogP contribution in [0.3, 0.4) is 0 Å². The van der Waals surface area contributed by atoms with Crippen LogP contribution in [-0.4, -0.2) is 10.9 Å². The fourth-order valence-corrected chi connectivity index (χ4v) is 2.91. The number of alkyl halides is 1. The molecule has 1 aromatic heterocycles. The number of nitrogens with zero attached hydrogens (tertiary/aromatic N) is 1. The number of primary amides is 1. The van der Waals surface area contributed by atoms with Crippen LogP contribution in [0.15, 0.2) is 18.3 Å². The molecule has 0 aliphatic heterocycles. The van der Waals surface area contributed by atoms with E-state index in [9.17, 15) is 4.79 Å². The van der Waals surface area contributed by atoms with Crippen molar-refractivity contribution < 1.29 is 4.79 Å². The topological polar surface area (TPSA) is 56.0 Å². The van der Waals surface area contributed by atoms with Crippen molar-refractivity contribution >= 4 is 21.8 Å². The van der Waals surface area contributed by atoms with E-state index >= 15 is 0 Å². The lowest BCUT2D eigenvalue weighted by molar-refractivity contribution is -0.120. The van der Waals surface area contributed by atoms with Gasteiger partial charge in [-0.1, -0.05) is 54.1 Å². The Morgan fingerprint density at radius 2 is 2.11 bits per heavy atom. The molecule has 1 fully saturated rings. The van der Waals surface area contributed by atoms with E-state index < -0.39 is 10.2 Å². The first kappa shape index (κ1) is 14.5. The number of rotatable bonds is 4. The minimum absolute atomic E-state index is 0.417. The Balaban J connectivity index is 2.04. The summed E-state index contributed by atoms with van der Waals surface area (Å²) in [5.41, 5.74) is 7.29. The molecule has 0 radical (unpaired) electrons. The third-order valence-corrected chi connectivity index (χ3v) is 4.81. The molecule has 2 N–H and O–H groups in total. The summed E-state index contributed by atoms with van der Waals surface area (Å²) >= 11 is 3.34. The minimum atomic E-state index is -0.879. The molecule has 1 aliphatic carbocycles. The van der Waals surface area contributed by atoms with Gasteiger partial charge in [-0.2, -0.15) is 0 Å².